The normalized spacial score (nSPS) is 16.4. The summed E-state index contributed by atoms with van der Waals surface area (Å²) in [5.74, 6) is -0.0320. The van der Waals surface area contributed by atoms with Gasteiger partial charge in [-0.3, -0.25) is 9.69 Å². The first-order chi connectivity index (χ1) is 11.1. The number of nitrogens with zero attached hydrogens (tertiary/aromatic N) is 3. The van der Waals surface area contributed by atoms with Gasteiger partial charge in [-0.2, -0.15) is 0 Å². The fraction of sp³-hybridized carbons (Fsp3) is 0.412. The van der Waals surface area contributed by atoms with Gasteiger partial charge in [0.15, 0.2) is 0 Å². The molecule has 0 aliphatic carbocycles. The number of carbonyl (C=O) groups excluding carboxylic acids is 1. The predicted molar refractivity (Wildman–Crippen MR) is 93.1 cm³/mol. The summed E-state index contributed by atoms with van der Waals surface area (Å²) in [7, 11) is 1.84. The second-order valence-electron chi connectivity index (χ2n) is 6.04. The van der Waals surface area contributed by atoms with E-state index in [1.807, 2.05) is 13.1 Å². The number of hydrogen-bond donors (Lipinski definition) is 1. The van der Waals surface area contributed by atoms with Gasteiger partial charge >= 0.3 is 0 Å². The minimum Gasteiger partial charge on any atom is -0.348 e. The average molecular weight is 377 g/mol. The fourth-order valence-corrected chi connectivity index (χ4v) is 3.41. The van der Waals surface area contributed by atoms with Crippen molar-refractivity contribution < 1.29 is 4.79 Å². The topological polar surface area (TPSA) is 50.2 Å². The van der Waals surface area contributed by atoms with Crippen molar-refractivity contribution in [3.05, 3.63) is 52.5 Å². The molecule has 0 unspecified atom stereocenters. The van der Waals surface area contributed by atoms with E-state index in [1.165, 1.54) is 5.56 Å². The molecule has 1 aliphatic rings. The summed E-state index contributed by atoms with van der Waals surface area (Å²) < 4.78 is 2.87. The Morgan fingerprint density at radius 1 is 1.39 bits per heavy atom. The molecule has 0 saturated carbocycles. The lowest BCUT2D eigenvalue weighted by molar-refractivity contribution is 0.0900. The molecule has 6 heteroatoms. The minimum absolute atomic E-state index is 0.0320. The van der Waals surface area contributed by atoms with Crippen LogP contribution in [-0.2, 0) is 13.6 Å². The number of aromatic nitrogens is 2. The number of likely N-dealkylation sites (tertiary alicyclic amines) is 1. The maximum Gasteiger partial charge on any atom is 0.269 e. The van der Waals surface area contributed by atoms with Crippen molar-refractivity contribution >= 4 is 21.8 Å². The van der Waals surface area contributed by atoms with Gasteiger partial charge in [-0.25, -0.2) is 4.98 Å². The standard InChI is InChI=1S/C17H21BrN4O/c1-21-12-19-10-16(21)17(23)20-15-5-7-22(8-6-15)11-13-3-2-4-14(18)9-13/h2-4,9-10,12,15H,5-8,11H2,1H3,(H,20,23). The lowest BCUT2D eigenvalue weighted by Crippen LogP contribution is -2.44. The number of carbonyl (C=O) groups is 1. The molecule has 0 atom stereocenters. The van der Waals surface area contributed by atoms with Crippen LogP contribution in [0.25, 0.3) is 0 Å². The maximum atomic E-state index is 12.2. The SMILES string of the molecule is Cn1cncc1C(=O)NC1CCN(Cc2cccc(Br)c2)CC1. The van der Waals surface area contributed by atoms with Gasteiger partial charge < -0.3 is 9.88 Å². The van der Waals surface area contributed by atoms with Crippen LogP contribution in [0.1, 0.15) is 28.9 Å². The quantitative estimate of drug-likeness (QED) is 0.891. The van der Waals surface area contributed by atoms with E-state index in [0.717, 1.165) is 36.9 Å². The third-order valence-corrected chi connectivity index (χ3v) is 4.76. The summed E-state index contributed by atoms with van der Waals surface area (Å²) in [5.41, 5.74) is 1.93. The van der Waals surface area contributed by atoms with Crippen molar-refractivity contribution in [1.82, 2.24) is 19.8 Å². The number of nitrogens with one attached hydrogen (secondary N) is 1. The number of imidazole rings is 1. The van der Waals surface area contributed by atoms with E-state index in [1.54, 1.807) is 17.1 Å². The largest absolute Gasteiger partial charge is 0.348 e. The number of amides is 1. The molecule has 23 heavy (non-hydrogen) atoms. The highest BCUT2D eigenvalue weighted by Gasteiger charge is 2.22. The molecule has 0 bridgehead atoms. The highest BCUT2D eigenvalue weighted by molar-refractivity contribution is 9.10. The van der Waals surface area contributed by atoms with Crippen molar-refractivity contribution in [3.63, 3.8) is 0 Å². The summed E-state index contributed by atoms with van der Waals surface area (Å²) in [4.78, 5) is 18.6. The Morgan fingerprint density at radius 2 is 2.17 bits per heavy atom. The van der Waals surface area contributed by atoms with E-state index < -0.39 is 0 Å². The molecule has 5 nitrogen and oxygen atoms in total. The minimum atomic E-state index is -0.0320. The van der Waals surface area contributed by atoms with E-state index in [4.69, 9.17) is 0 Å². The zero-order valence-electron chi connectivity index (χ0n) is 13.2. The van der Waals surface area contributed by atoms with E-state index >= 15 is 0 Å². The summed E-state index contributed by atoms with van der Waals surface area (Å²) in [6.07, 6.45) is 5.22. The van der Waals surface area contributed by atoms with Crippen LogP contribution in [0.4, 0.5) is 0 Å². The monoisotopic (exact) mass is 376 g/mol. The number of piperidine rings is 1. The molecule has 1 aromatic carbocycles. The first kappa shape index (κ1) is 16.2. The van der Waals surface area contributed by atoms with Crippen LogP contribution in [0.3, 0.4) is 0 Å². The lowest BCUT2D eigenvalue weighted by Gasteiger charge is -2.32. The Hall–Kier alpha value is -1.66. The highest BCUT2D eigenvalue weighted by Crippen LogP contribution is 2.17. The second kappa shape index (κ2) is 7.27. The molecule has 1 N–H and O–H groups in total. The van der Waals surface area contributed by atoms with Gasteiger partial charge in [0.2, 0.25) is 0 Å². The van der Waals surface area contributed by atoms with E-state index in [-0.39, 0.29) is 11.9 Å². The first-order valence-electron chi connectivity index (χ1n) is 7.86. The number of benzene rings is 1. The molecule has 0 spiro atoms. The molecule has 1 aromatic heterocycles. The van der Waals surface area contributed by atoms with Crippen LogP contribution in [-0.4, -0.2) is 39.5 Å². The van der Waals surface area contributed by atoms with Crippen LogP contribution < -0.4 is 5.32 Å². The van der Waals surface area contributed by atoms with Gasteiger partial charge in [0.1, 0.15) is 5.69 Å². The number of rotatable bonds is 4. The molecule has 0 radical (unpaired) electrons. The van der Waals surface area contributed by atoms with Crippen molar-refractivity contribution in [2.75, 3.05) is 13.1 Å². The third-order valence-electron chi connectivity index (χ3n) is 4.27. The highest BCUT2D eigenvalue weighted by atomic mass is 79.9. The number of hydrogen-bond acceptors (Lipinski definition) is 3. The van der Waals surface area contributed by atoms with Gasteiger partial charge in [-0.1, -0.05) is 28.1 Å². The zero-order valence-corrected chi connectivity index (χ0v) is 14.8. The van der Waals surface area contributed by atoms with E-state index in [2.05, 4.69) is 49.3 Å². The van der Waals surface area contributed by atoms with Gasteiger partial charge in [-0.15, -0.1) is 0 Å². The van der Waals surface area contributed by atoms with Crippen molar-refractivity contribution in [1.29, 1.82) is 0 Å². The summed E-state index contributed by atoms with van der Waals surface area (Å²) in [6, 6.07) is 8.68. The Kier molecular flexibility index (Phi) is 5.13. The Morgan fingerprint density at radius 3 is 2.83 bits per heavy atom. The molecular weight excluding hydrogens is 356 g/mol. The molecule has 2 heterocycles. The van der Waals surface area contributed by atoms with Crippen LogP contribution in [0.2, 0.25) is 0 Å². The Balaban J connectivity index is 1.49. The number of halogens is 1. The van der Waals surface area contributed by atoms with Gasteiger partial charge in [-0.05, 0) is 30.5 Å². The van der Waals surface area contributed by atoms with E-state index in [9.17, 15) is 4.79 Å². The molecule has 1 aliphatic heterocycles. The fourth-order valence-electron chi connectivity index (χ4n) is 2.96. The summed E-state index contributed by atoms with van der Waals surface area (Å²) in [5, 5.41) is 3.12. The maximum absolute atomic E-state index is 12.2. The molecule has 122 valence electrons. The van der Waals surface area contributed by atoms with Crippen LogP contribution >= 0.6 is 15.9 Å². The van der Waals surface area contributed by atoms with Crippen LogP contribution in [0.5, 0.6) is 0 Å². The van der Waals surface area contributed by atoms with E-state index in [0.29, 0.717) is 5.69 Å². The van der Waals surface area contributed by atoms with Gasteiger partial charge in [0, 0.05) is 37.2 Å². The number of aryl methyl sites for hydroxylation is 1. The van der Waals surface area contributed by atoms with Crippen molar-refractivity contribution in [2.24, 2.45) is 7.05 Å². The predicted octanol–water partition coefficient (Wildman–Crippen LogP) is 2.58. The molecule has 1 amide bonds. The molecule has 1 fully saturated rings. The summed E-state index contributed by atoms with van der Waals surface area (Å²) >= 11 is 3.52. The molecular formula is C17H21BrN4O. The Labute approximate surface area is 144 Å². The van der Waals surface area contributed by atoms with Crippen LogP contribution in [0.15, 0.2) is 41.3 Å². The van der Waals surface area contributed by atoms with Crippen molar-refractivity contribution in [2.45, 2.75) is 25.4 Å². The first-order valence-corrected chi connectivity index (χ1v) is 8.65. The zero-order chi connectivity index (χ0) is 16.2. The third kappa shape index (κ3) is 4.20. The molecule has 1 saturated heterocycles. The Bertz CT molecular complexity index is 677. The summed E-state index contributed by atoms with van der Waals surface area (Å²) in [6.45, 7) is 2.97. The lowest BCUT2D eigenvalue weighted by atomic mass is 10.0. The van der Waals surface area contributed by atoms with Crippen molar-refractivity contribution in [3.8, 4) is 0 Å². The second-order valence-corrected chi connectivity index (χ2v) is 6.96. The van der Waals surface area contributed by atoms with Crippen LogP contribution in [0, 0.1) is 0 Å². The van der Waals surface area contributed by atoms with Gasteiger partial charge in [0.05, 0.1) is 12.5 Å². The van der Waals surface area contributed by atoms with Gasteiger partial charge in [0.25, 0.3) is 5.91 Å². The molecule has 3 rings (SSSR count). The average Bonchev–Trinajstić information content (AvgIpc) is 2.95. The smallest absolute Gasteiger partial charge is 0.269 e. The molecule has 2 aromatic rings.